The highest BCUT2D eigenvalue weighted by molar-refractivity contribution is 5.79. The lowest BCUT2D eigenvalue weighted by Gasteiger charge is -2.35. The predicted octanol–water partition coefficient (Wildman–Crippen LogP) is 2.14. The van der Waals surface area contributed by atoms with Crippen molar-refractivity contribution >= 4 is 5.96 Å². The van der Waals surface area contributed by atoms with Gasteiger partial charge in [-0.15, -0.1) is 0 Å². The minimum atomic E-state index is -0.0281. The Morgan fingerprint density at radius 1 is 1.27 bits per heavy atom. The number of guanidine groups is 1. The molecule has 1 aliphatic heterocycles. The minimum absolute atomic E-state index is 0.0281. The van der Waals surface area contributed by atoms with E-state index in [4.69, 9.17) is 9.15 Å². The number of hydrogen-bond acceptors (Lipinski definition) is 5. The molecule has 0 radical (unpaired) electrons. The smallest absolute Gasteiger partial charge is 0.213 e. The van der Waals surface area contributed by atoms with Gasteiger partial charge in [0, 0.05) is 38.6 Å². The molecule has 2 unspecified atom stereocenters. The van der Waals surface area contributed by atoms with Gasteiger partial charge >= 0.3 is 0 Å². The maximum Gasteiger partial charge on any atom is 0.213 e. The van der Waals surface area contributed by atoms with Crippen LogP contribution in [0.4, 0.5) is 0 Å². The summed E-state index contributed by atoms with van der Waals surface area (Å²) < 4.78 is 11.6. The molecule has 1 fully saturated rings. The number of nitrogens with zero attached hydrogens (tertiary/aromatic N) is 3. The van der Waals surface area contributed by atoms with Gasteiger partial charge in [0.2, 0.25) is 5.89 Å². The molecule has 2 heterocycles. The maximum absolute atomic E-state index is 5.79. The van der Waals surface area contributed by atoms with Gasteiger partial charge in [0.15, 0.2) is 5.96 Å². The summed E-state index contributed by atoms with van der Waals surface area (Å²) in [6, 6.07) is 0. The monoisotopic (exact) mass is 365 g/mol. The van der Waals surface area contributed by atoms with E-state index in [0.29, 0.717) is 24.6 Å². The van der Waals surface area contributed by atoms with E-state index in [1.54, 1.807) is 13.2 Å². The number of oxazole rings is 1. The van der Waals surface area contributed by atoms with Crippen molar-refractivity contribution in [1.82, 2.24) is 20.5 Å². The number of rotatable bonds is 6. The van der Waals surface area contributed by atoms with Gasteiger partial charge in [0.1, 0.15) is 5.76 Å². The third-order valence-electron chi connectivity index (χ3n) is 4.36. The van der Waals surface area contributed by atoms with E-state index in [0.717, 1.165) is 44.3 Å². The molecule has 1 aromatic heterocycles. The summed E-state index contributed by atoms with van der Waals surface area (Å²) in [4.78, 5) is 11.1. The molecule has 1 saturated heterocycles. The van der Waals surface area contributed by atoms with Gasteiger partial charge < -0.3 is 19.8 Å². The molecule has 0 spiro atoms. The lowest BCUT2D eigenvalue weighted by Crippen LogP contribution is -2.46. The van der Waals surface area contributed by atoms with Crippen LogP contribution >= 0.6 is 0 Å². The lowest BCUT2D eigenvalue weighted by molar-refractivity contribution is -0.0679. The molecule has 7 heteroatoms. The van der Waals surface area contributed by atoms with Crippen molar-refractivity contribution in [3.8, 4) is 0 Å². The molecule has 0 bridgehead atoms. The molecule has 0 amide bonds. The van der Waals surface area contributed by atoms with E-state index in [-0.39, 0.29) is 5.41 Å². The Morgan fingerprint density at radius 2 is 1.96 bits per heavy atom. The van der Waals surface area contributed by atoms with Crippen molar-refractivity contribution in [2.75, 3.05) is 33.2 Å². The first-order valence-electron chi connectivity index (χ1n) is 9.55. The van der Waals surface area contributed by atoms with Gasteiger partial charge in [0.05, 0.1) is 24.9 Å². The van der Waals surface area contributed by atoms with Crippen LogP contribution in [0.5, 0.6) is 0 Å². The first kappa shape index (κ1) is 20.7. The molecule has 1 aliphatic rings. The fourth-order valence-electron chi connectivity index (χ4n) is 3.10. The molecule has 0 saturated carbocycles. The molecule has 1 aromatic rings. The fourth-order valence-corrected chi connectivity index (χ4v) is 3.10. The van der Waals surface area contributed by atoms with E-state index in [1.807, 2.05) is 0 Å². The summed E-state index contributed by atoms with van der Waals surface area (Å²) in [5.41, 5.74) is -0.0281. The molecule has 2 atom stereocenters. The van der Waals surface area contributed by atoms with Crippen molar-refractivity contribution in [3.05, 3.63) is 17.8 Å². The first-order chi connectivity index (χ1) is 12.3. The number of nitrogens with one attached hydrogen (secondary N) is 2. The highest BCUT2D eigenvalue weighted by Gasteiger charge is 2.21. The standard InChI is InChI=1S/C19H35N5O2/c1-14-12-24(13-15(2)25-14)9-7-8-21-18(20-6)23-11-17-22-10-16(26-17)19(3,4)5/h10,14-15H,7-9,11-13H2,1-6H3,(H2,20,21,23). The predicted molar refractivity (Wildman–Crippen MR) is 104 cm³/mol. The number of aromatic nitrogens is 1. The summed E-state index contributed by atoms with van der Waals surface area (Å²) >= 11 is 0. The molecule has 7 nitrogen and oxygen atoms in total. The van der Waals surface area contributed by atoms with Crippen LogP contribution in [0.2, 0.25) is 0 Å². The van der Waals surface area contributed by atoms with Crippen LogP contribution in [0.25, 0.3) is 0 Å². The third-order valence-corrected chi connectivity index (χ3v) is 4.36. The van der Waals surface area contributed by atoms with Crippen molar-refractivity contribution in [2.45, 2.75) is 65.2 Å². The highest BCUT2D eigenvalue weighted by Crippen LogP contribution is 2.22. The third kappa shape index (κ3) is 6.61. The average Bonchev–Trinajstić information content (AvgIpc) is 3.02. The van der Waals surface area contributed by atoms with Gasteiger partial charge in [-0.25, -0.2) is 4.98 Å². The first-order valence-corrected chi connectivity index (χ1v) is 9.55. The Labute approximate surface area is 157 Å². The van der Waals surface area contributed by atoms with E-state index in [2.05, 4.69) is 60.1 Å². The van der Waals surface area contributed by atoms with Gasteiger partial charge in [-0.3, -0.25) is 9.89 Å². The molecule has 2 rings (SSSR count). The minimum Gasteiger partial charge on any atom is -0.443 e. The van der Waals surface area contributed by atoms with Gasteiger partial charge in [-0.05, 0) is 20.3 Å². The van der Waals surface area contributed by atoms with Gasteiger partial charge in [0.25, 0.3) is 0 Å². The largest absolute Gasteiger partial charge is 0.443 e. The molecular formula is C19H35N5O2. The molecule has 148 valence electrons. The average molecular weight is 366 g/mol. The second kappa shape index (κ2) is 9.37. The number of ether oxygens (including phenoxy) is 1. The van der Waals surface area contributed by atoms with E-state index in [1.165, 1.54) is 0 Å². The maximum atomic E-state index is 5.79. The zero-order valence-electron chi connectivity index (χ0n) is 17.1. The Morgan fingerprint density at radius 3 is 2.54 bits per heavy atom. The molecule has 26 heavy (non-hydrogen) atoms. The Hall–Kier alpha value is -1.60. The summed E-state index contributed by atoms with van der Waals surface area (Å²) in [6.07, 6.45) is 3.50. The summed E-state index contributed by atoms with van der Waals surface area (Å²) in [7, 11) is 1.77. The number of aliphatic imine (C=N–C) groups is 1. The van der Waals surface area contributed by atoms with E-state index >= 15 is 0 Å². The van der Waals surface area contributed by atoms with Crippen molar-refractivity contribution in [2.24, 2.45) is 4.99 Å². The van der Waals surface area contributed by atoms with Crippen molar-refractivity contribution in [1.29, 1.82) is 0 Å². The topological polar surface area (TPSA) is 74.9 Å². The highest BCUT2D eigenvalue weighted by atomic mass is 16.5. The number of morpholine rings is 1. The SMILES string of the molecule is CN=C(NCCCN1CC(C)OC(C)C1)NCc1ncc(C(C)(C)C)o1. The molecule has 0 aromatic carbocycles. The van der Waals surface area contributed by atoms with Crippen molar-refractivity contribution < 1.29 is 9.15 Å². The summed E-state index contributed by atoms with van der Waals surface area (Å²) in [6.45, 7) is 15.1. The van der Waals surface area contributed by atoms with Crippen LogP contribution in [0.15, 0.2) is 15.6 Å². The zero-order valence-corrected chi connectivity index (χ0v) is 17.1. The normalized spacial score (nSPS) is 22.5. The fraction of sp³-hybridized carbons (Fsp3) is 0.789. The van der Waals surface area contributed by atoms with Crippen molar-refractivity contribution in [3.63, 3.8) is 0 Å². The molecule has 0 aliphatic carbocycles. The van der Waals surface area contributed by atoms with Crippen LogP contribution in [0.1, 0.15) is 52.7 Å². The van der Waals surface area contributed by atoms with Crippen LogP contribution in [-0.2, 0) is 16.7 Å². The quantitative estimate of drug-likeness (QED) is 0.457. The zero-order chi connectivity index (χ0) is 19.2. The van der Waals surface area contributed by atoms with E-state index < -0.39 is 0 Å². The van der Waals surface area contributed by atoms with E-state index in [9.17, 15) is 0 Å². The lowest BCUT2D eigenvalue weighted by atomic mass is 9.94. The summed E-state index contributed by atoms with van der Waals surface area (Å²) in [5, 5.41) is 6.60. The second-order valence-corrected chi connectivity index (χ2v) is 8.09. The van der Waals surface area contributed by atoms with Crippen LogP contribution in [0.3, 0.4) is 0 Å². The summed E-state index contributed by atoms with van der Waals surface area (Å²) in [5.74, 6) is 2.34. The van der Waals surface area contributed by atoms with Crippen LogP contribution in [0, 0.1) is 0 Å². The molecule has 2 N–H and O–H groups in total. The van der Waals surface area contributed by atoms with Gasteiger partial charge in [-0.2, -0.15) is 0 Å². The number of hydrogen-bond donors (Lipinski definition) is 2. The second-order valence-electron chi connectivity index (χ2n) is 8.09. The van der Waals surface area contributed by atoms with Crippen LogP contribution in [-0.4, -0.2) is 61.3 Å². The Balaban J connectivity index is 1.67. The Kier molecular flexibility index (Phi) is 7.46. The van der Waals surface area contributed by atoms with Gasteiger partial charge in [-0.1, -0.05) is 20.8 Å². The van der Waals surface area contributed by atoms with Crippen LogP contribution < -0.4 is 10.6 Å². The molecular weight excluding hydrogens is 330 g/mol. The Bertz CT molecular complexity index is 569.